The number of rotatable bonds is 8. The van der Waals surface area contributed by atoms with E-state index >= 15 is 0 Å². The van der Waals surface area contributed by atoms with E-state index < -0.39 is 49.0 Å². The Morgan fingerprint density at radius 1 is 1.17 bits per heavy atom. The SMILES string of the molecule is CC(=CCO)C(O)CCC(C)(C)O[C@@H]1O[C@H](CO)[C@@H](O)[C@H](O)[C@H]1O. The van der Waals surface area contributed by atoms with Crippen molar-refractivity contribution < 1.29 is 40.1 Å². The Morgan fingerprint density at radius 3 is 2.33 bits per heavy atom. The molecule has 0 spiro atoms. The Hall–Kier alpha value is -0.580. The molecule has 1 rings (SSSR count). The van der Waals surface area contributed by atoms with Crippen molar-refractivity contribution in [3.8, 4) is 0 Å². The van der Waals surface area contributed by atoms with Crippen LogP contribution < -0.4 is 0 Å². The normalized spacial score (nSPS) is 33.5. The van der Waals surface area contributed by atoms with E-state index in [9.17, 15) is 25.5 Å². The van der Waals surface area contributed by atoms with Crippen LogP contribution in [0.3, 0.4) is 0 Å². The zero-order valence-corrected chi connectivity index (χ0v) is 14.4. The van der Waals surface area contributed by atoms with Crippen LogP contribution in [0.25, 0.3) is 0 Å². The molecule has 0 radical (unpaired) electrons. The molecular weight excluding hydrogens is 320 g/mol. The van der Waals surface area contributed by atoms with Gasteiger partial charge in [-0.15, -0.1) is 0 Å². The van der Waals surface area contributed by atoms with Gasteiger partial charge in [-0.25, -0.2) is 0 Å². The second-order valence-electron chi connectivity index (χ2n) is 6.76. The van der Waals surface area contributed by atoms with Crippen molar-refractivity contribution in [2.24, 2.45) is 0 Å². The minimum Gasteiger partial charge on any atom is -0.394 e. The molecule has 8 heteroatoms. The zero-order valence-electron chi connectivity index (χ0n) is 14.4. The Kier molecular flexibility index (Phi) is 8.24. The van der Waals surface area contributed by atoms with Crippen LogP contribution in [0.2, 0.25) is 0 Å². The molecule has 0 aromatic carbocycles. The summed E-state index contributed by atoms with van der Waals surface area (Å²) >= 11 is 0. The van der Waals surface area contributed by atoms with E-state index in [0.717, 1.165) is 0 Å². The van der Waals surface area contributed by atoms with Gasteiger partial charge in [-0.05, 0) is 39.2 Å². The molecule has 142 valence electrons. The molecule has 1 fully saturated rings. The third-order valence-corrected chi connectivity index (χ3v) is 4.24. The standard InChI is InChI=1S/C16H30O8/c1-9(5-7-17)10(19)4-6-16(2,3)24-15-14(22)13(21)12(20)11(8-18)23-15/h5,10-15,17-22H,4,6-8H2,1-3H3/t10?,11-,12-,13+,14-,15+/m1/s1. The van der Waals surface area contributed by atoms with Gasteiger partial charge < -0.3 is 40.1 Å². The van der Waals surface area contributed by atoms with Crippen LogP contribution in [0.4, 0.5) is 0 Å². The van der Waals surface area contributed by atoms with Crippen LogP contribution in [-0.2, 0) is 9.47 Å². The van der Waals surface area contributed by atoms with E-state index in [2.05, 4.69) is 0 Å². The van der Waals surface area contributed by atoms with Crippen LogP contribution in [0.1, 0.15) is 33.6 Å². The molecule has 6 atom stereocenters. The molecule has 0 saturated carbocycles. The first kappa shape index (κ1) is 21.5. The highest BCUT2D eigenvalue weighted by molar-refractivity contribution is 5.04. The smallest absolute Gasteiger partial charge is 0.187 e. The van der Waals surface area contributed by atoms with Gasteiger partial charge in [0.05, 0.1) is 24.9 Å². The maximum atomic E-state index is 10.0. The van der Waals surface area contributed by atoms with Crippen molar-refractivity contribution in [3.05, 3.63) is 11.6 Å². The third-order valence-electron chi connectivity index (χ3n) is 4.24. The van der Waals surface area contributed by atoms with Crippen molar-refractivity contribution in [3.63, 3.8) is 0 Å². The third kappa shape index (κ3) is 5.75. The first-order valence-corrected chi connectivity index (χ1v) is 8.07. The molecule has 24 heavy (non-hydrogen) atoms. The van der Waals surface area contributed by atoms with Crippen LogP contribution >= 0.6 is 0 Å². The number of hydrogen-bond donors (Lipinski definition) is 6. The molecule has 0 aromatic heterocycles. The first-order chi connectivity index (χ1) is 11.1. The Morgan fingerprint density at radius 2 is 1.79 bits per heavy atom. The summed E-state index contributed by atoms with van der Waals surface area (Å²) in [5, 5.41) is 57.5. The number of ether oxygens (including phenoxy) is 2. The Bertz CT molecular complexity index is 409. The highest BCUT2D eigenvalue weighted by Crippen LogP contribution is 2.28. The molecule has 0 aromatic rings. The fraction of sp³-hybridized carbons (Fsp3) is 0.875. The summed E-state index contributed by atoms with van der Waals surface area (Å²) in [7, 11) is 0. The maximum absolute atomic E-state index is 10.0. The lowest BCUT2D eigenvalue weighted by Gasteiger charge is -2.42. The second-order valence-corrected chi connectivity index (χ2v) is 6.76. The molecule has 1 heterocycles. The van der Waals surface area contributed by atoms with Gasteiger partial charge in [-0.1, -0.05) is 6.08 Å². The van der Waals surface area contributed by atoms with E-state index in [4.69, 9.17) is 14.6 Å². The van der Waals surface area contributed by atoms with Gasteiger partial charge in [-0.3, -0.25) is 0 Å². The predicted octanol–water partition coefficient (Wildman–Crippen LogP) is -1.34. The topological polar surface area (TPSA) is 140 Å². The zero-order chi connectivity index (χ0) is 18.5. The van der Waals surface area contributed by atoms with Gasteiger partial charge in [-0.2, -0.15) is 0 Å². The maximum Gasteiger partial charge on any atom is 0.187 e. The number of aliphatic hydroxyl groups is 6. The second kappa shape index (κ2) is 9.21. The van der Waals surface area contributed by atoms with Gasteiger partial charge in [0.2, 0.25) is 0 Å². The minimum atomic E-state index is -1.49. The summed E-state index contributed by atoms with van der Waals surface area (Å²) in [6.07, 6.45) is -5.02. The van der Waals surface area contributed by atoms with Gasteiger partial charge in [0, 0.05) is 0 Å². The van der Waals surface area contributed by atoms with Crippen molar-refractivity contribution in [1.82, 2.24) is 0 Å². The molecular formula is C16H30O8. The molecule has 1 aliphatic heterocycles. The number of hydrogen-bond acceptors (Lipinski definition) is 8. The van der Waals surface area contributed by atoms with Gasteiger partial charge in [0.1, 0.15) is 24.4 Å². The lowest BCUT2D eigenvalue weighted by Crippen LogP contribution is -2.60. The number of aliphatic hydroxyl groups excluding tert-OH is 6. The monoisotopic (exact) mass is 350 g/mol. The van der Waals surface area contributed by atoms with Gasteiger partial charge in [0.25, 0.3) is 0 Å². The average molecular weight is 350 g/mol. The highest BCUT2D eigenvalue weighted by atomic mass is 16.7. The highest BCUT2D eigenvalue weighted by Gasteiger charge is 2.45. The summed E-state index contributed by atoms with van der Waals surface area (Å²) < 4.78 is 11.0. The van der Waals surface area contributed by atoms with E-state index in [-0.39, 0.29) is 6.61 Å². The van der Waals surface area contributed by atoms with Gasteiger partial charge >= 0.3 is 0 Å². The molecule has 1 saturated heterocycles. The fourth-order valence-electron chi connectivity index (χ4n) is 2.53. The first-order valence-electron chi connectivity index (χ1n) is 8.07. The molecule has 1 aliphatic rings. The lowest BCUT2D eigenvalue weighted by atomic mass is 9.95. The summed E-state index contributed by atoms with van der Waals surface area (Å²) in [5.74, 6) is 0. The van der Waals surface area contributed by atoms with Crippen molar-refractivity contribution >= 4 is 0 Å². The Balaban J connectivity index is 2.63. The van der Waals surface area contributed by atoms with Crippen molar-refractivity contribution in [2.75, 3.05) is 13.2 Å². The van der Waals surface area contributed by atoms with Crippen LogP contribution in [-0.4, -0.2) is 86.3 Å². The predicted molar refractivity (Wildman–Crippen MR) is 85.0 cm³/mol. The van der Waals surface area contributed by atoms with Gasteiger partial charge in [0.15, 0.2) is 6.29 Å². The quantitative estimate of drug-likeness (QED) is 0.296. The van der Waals surface area contributed by atoms with E-state index in [1.54, 1.807) is 20.8 Å². The van der Waals surface area contributed by atoms with Crippen molar-refractivity contribution in [1.29, 1.82) is 0 Å². The summed E-state index contributed by atoms with van der Waals surface area (Å²) in [6.45, 7) is 4.54. The molecule has 0 amide bonds. The largest absolute Gasteiger partial charge is 0.394 e. The fourth-order valence-corrected chi connectivity index (χ4v) is 2.53. The van der Waals surface area contributed by atoms with E-state index in [1.807, 2.05) is 0 Å². The van der Waals surface area contributed by atoms with Crippen LogP contribution in [0, 0.1) is 0 Å². The lowest BCUT2D eigenvalue weighted by molar-refractivity contribution is -0.323. The molecule has 6 N–H and O–H groups in total. The molecule has 0 aliphatic carbocycles. The van der Waals surface area contributed by atoms with Crippen molar-refractivity contribution in [2.45, 2.75) is 76.0 Å². The average Bonchev–Trinajstić information content (AvgIpc) is 2.53. The molecule has 8 nitrogen and oxygen atoms in total. The molecule has 1 unspecified atom stereocenters. The summed E-state index contributed by atoms with van der Waals surface area (Å²) in [6, 6.07) is 0. The van der Waals surface area contributed by atoms with Crippen LogP contribution in [0.5, 0.6) is 0 Å². The van der Waals surface area contributed by atoms with E-state index in [0.29, 0.717) is 18.4 Å². The van der Waals surface area contributed by atoms with E-state index in [1.165, 1.54) is 6.08 Å². The Labute approximate surface area is 142 Å². The summed E-state index contributed by atoms with van der Waals surface area (Å²) in [5.41, 5.74) is -0.144. The van der Waals surface area contributed by atoms with Crippen LogP contribution in [0.15, 0.2) is 11.6 Å². The minimum absolute atomic E-state index is 0.145. The summed E-state index contributed by atoms with van der Waals surface area (Å²) in [4.78, 5) is 0. The molecule has 0 bridgehead atoms.